The van der Waals surface area contributed by atoms with Crippen LogP contribution >= 0.6 is 12.2 Å². The van der Waals surface area contributed by atoms with Gasteiger partial charge in [-0.15, -0.1) is 0 Å². The lowest BCUT2D eigenvalue weighted by Crippen LogP contribution is -2.31. The number of nitrogens with zero attached hydrogens (tertiary/aromatic N) is 3. The zero-order valence-corrected chi connectivity index (χ0v) is 11.7. The number of benzene rings is 1. The average molecular weight is 272 g/mol. The number of H-pyrrole nitrogens is 1. The second-order valence-electron chi connectivity index (χ2n) is 5.18. The van der Waals surface area contributed by atoms with Crippen LogP contribution in [0.3, 0.4) is 0 Å². The molecule has 1 aromatic heterocycles. The van der Waals surface area contributed by atoms with Crippen LogP contribution in [0.1, 0.15) is 24.4 Å². The number of aromatic nitrogens is 2. The van der Waals surface area contributed by atoms with Crippen molar-refractivity contribution in [3.63, 3.8) is 0 Å². The summed E-state index contributed by atoms with van der Waals surface area (Å²) in [5.74, 6) is 0. The first-order chi connectivity index (χ1) is 9.19. The van der Waals surface area contributed by atoms with Crippen molar-refractivity contribution in [1.29, 1.82) is 5.26 Å². The van der Waals surface area contributed by atoms with Gasteiger partial charge in [0.05, 0.1) is 22.7 Å². The number of imidazole rings is 1. The average Bonchev–Trinajstić information content (AvgIpc) is 2.75. The molecule has 5 heteroatoms. The van der Waals surface area contributed by atoms with Crippen molar-refractivity contribution in [3.05, 3.63) is 28.5 Å². The molecule has 1 N–H and O–H groups in total. The lowest BCUT2D eigenvalue weighted by Gasteiger charge is -2.30. The van der Waals surface area contributed by atoms with Crippen LogP contribution in [0.4, 0.5) is 0 Å². The van der Waals surface area contributed by atoms with Gasteiger partial charge < -0.3 is 14.5 Å². The Bertz CT molecular complexity index is 698. The first kappa shape index (κ1) is 12.4. The molecule has 0 saturated carbocycles. The van der Waals surface area contributed by atoms with Gasteiger partial charge in [0, 0.05) is 6.04 Å². The Labute approximate surface area is 117 Å². The van der Waals surface area contributed by atoms with Crippen LogP contribution in [-0.4, -0.2) is 34.6 Å². The minimum absolute atomic E-state index is 0.436. The standard InChI is InChI=1S/C14H16N4S/c1-17-6-4-11(5-7-17)18-13-8-10(9-15)2-3-12(13)16-14(18)19/h2-3,8,11H,4-7H2,1H3,(H,16,19). The molecule has 4 nitrogen and oxygen atoms in total. The summed E-state index contributed by atoms with van der Waals surface area (Å²) in [7, 11) is 2.15. The zero-order chi connectivity index (χ0) is 13.4. The number of nitrogens with one attached hydrogen (secondary N) is 1. The summed E-state index contributed by atoms with van der Waals surface area (Å²) < 4.78 is 2.96. The Morgan fingerprint density at radius 3 is 2.79 bits per heavy atom. The van der Waals surface area contributed by atoms with Crippen LogP contribution in [0.25, 0.3) is 11.0 Å². The molecule has 1 aliphatic rings. The molecule has 1 saturated heterocycles. The van der Waals surface area contributed by atoms with Gasteiger partial charge in [-0.3, -0.25) is 0 Å². The number of hydrogen-bond acceptors (Lipinski definition) is 3. The first-order valence-corrected chi connectivity index (χ1v) is 6.93. The zero-order valence-electron chi connectivity index (χ0n) is 10.9. The molecule has 98 valence electrons. The second kappa shape index (κ2) is 4.80. The summed E-state index contributed by atoms with van der Waals surface area (Å²) in [5.41, 5.74) is 2.75. The third-order valence-corrected chi connectivity index (χ3v) is 4.20. The lowest BCUT2D eigenvalue weighted by atomic mass is 10.1. The van der Waals surface area contributed by atoms with Crippen molar-refractivity contribution in [2.45, 2.75) is 18.9 Å². The predicted octanol–water partition coefficient (Wildman–Crippen LogP) is 2.84. The SMILES string of the molecule is CN1CCC(n2c(=S)[nH]c3ccc(C#N)cc32)CC1. The van der Waals surface area contributed by atoms with E-state index in [0.717, 1.165) is 41.7 Å². The summed E-state index contributed by atoms with van der Waals surface area (Å²) in [6, 6.07) is 8.33. The van der Waals surface area contributed by atoms with Gasteiger partial charge in [0.25, 0.3) is 0 Å². The summed E-state index contributed by atoms with van der Waals surface area (Å²) in [5, 5.41) is 9.04. The number of likely N-dealkylation sites (tertiary alicyclic amines) is 1. The molecule has 2 heterocycles. The van der Waals surface area contributed by atoms with Crippen LogP contribution in [0.5, 0.6) is 0 Å². The third kappa shape index (κ3) is 2.18. The summed E-state index contributed by atoms with van der Waals surface area (Å²) >= 11 is 5.45. The Hall–Kier alpha value is -1.64. The van der Waals surface area contributed by atoms with Crippen LogP contribution in [0.15, 0.2) is 18.2 Å². The summed E-state index contributed by atoms with van der Waals surface area (Å²) in [4.78, 5) is 5.58. The highest BCUT2D eigenvalue weighted by molar-refractivity contribution is 7.71. The normalized spacial score (nSPS) is 17.7. The molecule has 0 spiro atoms. The molecule has 0 amide bonds. The van der Waals surface area contributed by atoms with Crippen LogP contribution < -0.4 is 0 Å². The van der Waals surface area contributed by atoms with Crippen molar-refractivity contribution >= 4 is 23.3 Å². The first-order valence-electron chi connectivity index (χ1n) is 6.52. The largest absolute Gasteiger partial charge is 0.331 e. The summed E-state index contributed by atoms with van der Waals surface area (Å²) in [6.45, 7) is 2.19. The molecule has 1 aromatic carbocycles. The third-order valence-electron chi connectivity index (χ3n) is 3.90. The highest BCUT2D eigenvalue weighted by Gasteiger charge is 2.20. The van der Waals surface area contributed by atoms with Crippen molar-refractivity contribution in [2.24, 2.45) is 0 Å². The fourth-order valence-corrected chi connectivity index (χ4v) is 3.16. The minimum Gasteiger partial charge on any atom is -0.331 e. The Morgan fingerprint density at radius 1 is 1.37 bits per heavy atom. The van der Waals surface area contributed by atoms with Gasteiger partial charge in [-0.25, -0.2) is 0 Å². The van der Waals surface area contributed by atoms with E-state index in [1.54, 1.807) is 0 Å². The topological polar surface area (TPSA) is 47.8 Å². The number of rotatable bonds is 1. The fourth-order valence-electron chi connectivity index (χ4n) is 2.81. The lowest BCUT2D eigenvalue weighted by molar-refractivity contribution is 0.223. The van der Waals surface area contributed by atoms with E-state index in [4.69, 9.17) is 17.5 Å². The van der Waals surface area contributed by atoms with Crippen LogP contribution in [0, 0.1) is 16.1 Å². The summed E-state index contributed by atoms with van der Waals surface area (Å²) in [6.07, 6.45) is 2.21. The van der Waals surface area contributed by atoms with E-state index in [2.05, 4.69) is 27.6 Å². The smallest absolute Gasteiger partial charge is 0.178 e. The van der Waals surface area contributed by atoms with Gasteiger partial charge in [-0.2, -0.15) is 5.26 Å². The maximum Gasteiger partial charge on any atom is 0.178 e. The molecule has 19 heavy (non-hydrogen) atoms. The number of nitriles is 1. The van der Waals surface area contributed by atoms with Gasteiger partial charge in [0.15, 0.2) is 4.77 Å². The fraction of sp³-hybridized carbons (Fsp3) is 0.429. The van der Waals surface area contributed by atoms with Gasteiger partial charge in [-0.1, -0.05) is 0 Å². The van der Waals surface area contributed by atoms with E-state index in [0.29, 0.717) is 11.6 Å². The van der Waals surface area contributed by atoms with Crippen molar-refractivity contribution < 1.29 is 0 Å². The van der Waals surface area contributed by atoms with E-state index >= 15 is 0 Å². The Balaban J connectivity index is 2.09. The van der Waals surface area contributed by atoms with Gasteiger partial charge >= 0.3 is 0 Å². The second-order valence-corrected chi connectivity index (χ2v) is 5.57. The van der Waals surface area contributed by atoms with Crippen LogP contribution in [-0.2, 0) is 0 Å². The predicted molar refractivity (Wildman–Crippen MR) is 77.6 cm³/mol. The molecule has 0 aliphatic carbocycles. The number of piperidine rings is 1. The van der Waals surface area contributed by atoms with Crippen molar-refractivity contribution in [1.82, 2.24) is 14.5 Å². The van der Waals surface area contributed by atoms with Gasteiger partial charge in [0.2, 0.25) is 0 Å². The molecule has 0 bridgehead atoms. The van der Waals surface area contributed by atoms with E-state index in [1.165, 1.54) is 0 Å². The highest BCUT2D eigenvalue weighted by atomic mass is 32.1. The monoisotopic (exact) mass is 272 g/mol. The molecule has 0 radical (unpaired) electrons. The molecule has 1 aliphatic heterocycles. The molecule has 1 fully saturated rings. The minimum atomic E-state index is 0.436. The van der Waals surface area contributed by atoms with Gasteiger partial charge in [-0.05, 0) is 63.4 Å². The Morgan fingerprint density at radius 2 is 2.11 bits per heavy atom. The van der Waals surface area contributed by atoms with E-state index in [9.17, 15) is 0 Å². The molecular formula is C14H16N4S. The molecule has 0 atom stereocenters. The molecule has 0 unspecified atom stereocenters. The highest BCUT2D eigenvalue weighted by Crippen LogP contribution is 2.27. The van der Waals surface area contributed by atoms with E-state index in [-0.39, 0.29) is 0 Å². The van der Waals surface area contributed by atoms with E-state index in [1.807, 2.05) is 18.2 Å². The molecule has 3 rings (SSSR count). The Kier molecular flexibility index (Phi) is 3.13. The maximum atomic E-state index is 9.04. The van der Waals surface area contributed by atoms with Crippen LogP contribution in [0.2, 0.25) is 0 Å². The number of hydrogen-bond donors (Lipinski definition) is 1. The quantitative estimate of drug-likeness (QED) is 0.812. The van der Waals surface area contributed by atoms with Gasteiger partial charge in [0.1, 0.15) is 0 Å². The number of fused-ring (bicyclic) bond motifs is 1. The number of aromatic amines is 1. The molecule has 2 aromatic rings. The van der Waals surface area contributed by atoms with Crippen molar-refractivity contribution in [2.75, 3.05) is 20.1 Å². The van der Waals surface area contributed by atoms with E-state index < -0.39 is 0 Å². The molecular weight excluding hydrogens is 256 g/mol. The van der Waals surface area contributed by atoms with Crippen molar-refractivity contribution in [3.8, 4) is 6.07 Å². The maximum absolute atomic E-state index is 9.04.